The molecular weight excluding hydrogens is 286 g/mol. The van der Waals surface area contributed by atoms with Crippen molar-refractivity contribution in [1.82, 2.24) is 5.32 Å². The van der Waals surface area contributed by atoms with Gasteiger partial charge in [-0.1, -0.05) is 15.9 Å². The van der Waals surface area contributed by atoms with Crippen molar-refractivity contribution < 1.29 is 14.6 Å². The van der Waals surface area contributed by atoms with E-state index in [9.17, 15) is 4.79 Å². The van der Waals surface area contributed by atoms with Crippen molar-refractivity contribution in [2.24, 2.45) is 0 Å². The summed E-state index contributed by atoms with van der Waals surface area (Å²) < 4.78 is 6.36. The second-order valence-corrected chi connectivity index (χ2v) is 4.71. The number of hydrogen-bond donors (Lipinski definition) is 2. The number of hydrogen-bond acceptors (Lipinski definition) is 3. The van der Waals surface area contributed by atoms with Crippen LogP contribution in [0.1, 0.15) is 25.5 Å². The van der Waals surface area contributed by atoms with Crippen molar-refractivity contribution in [3.05, 3.63) is 28.2 Å². The first kappa shape index (κ1) is 14.0. The quantitative estimate of drug-likeness (QED) is 0.877. The van der Waals surface area contributed by atoms with Crippen LogP contribution in [0.4, 0.5) is 0 Å². The van der Waals surface area contributed by atoms with Gasteiger partial charge in [0.05, 0.1) is 0 Å². The highest BCUT2D eigenvalue weighted by atomic mass is 79.9. The van der Waals surface area contributed by atoms with Crippen molar-refractivity contribution >= 4 is 21.9 Å². The number of carboxylic acid groups (broad SMARTS) is 1. The molecule has 0 bridgehead atoms. The average molecular weight is 302 g/mol. The van der Waals surface area contributed by atoms with Crippen LogP contribution in [0.3, 0.4) is 0 Å². The fourth-order valence-corrected chi connectivity index (χ4v) is 1.74. The fourth-order valence-electron chi connectivity index (χ4n) is 1.36. The van der Waals surface area contributed by atoms with Crippen molar-refractivity contribution in [2.45, 2.75) is 26.0 Å². The summed E-state index contributed by atoms with van der Waals surface area (Å²) in [6.45, 7) is 3.50. The Balaban J connectivity index is 3.02. The summed E-state index contributed by atoms with van der Waals surface area (Å²) in [6, 6.07) is 5.61. The lowest BCUT2D eigenvalue weighted by molar-refractivity contribution is -0.144. The van der Waals surface area contributed by atoms with Gasteiger partial charge in [-0.25, -0.2) is 4.79 Å². The topological polar surface area (TPSA) is 58.6 Å². The number of benzene rings is 1. The molecule has 0 aromatic heterocycles. The number of carboxylic acids is 1. The Bertz CT molecular complexity index is 409. The van der Waals surface area contributed by atoms with Crippen molar-refractivity contribution in [3.8, 4) is 5.75 Å². The number of carbonyl (C=O) groups is 1. The van der Waals surface area contributed by atoms with Gasteiger partial charge >= 0.3 is 5.97 Å². The van der Waals surface area contributed by atoms with Gasteiger partial charge in [-0.05, 0) is 39.1 Å². The lowest BCUT2D eigenvalue weighted by atomic mass is 10.1. The third-order valence-corrected chi connectivity index (χ3v) is 3.02. The van der Waals surface area contributed by atoms with E-state index in [1.54, 1.807) is 6.07 Å². The molecule has 0 radical (unpaired) electrons. The number of halogens is 1. The maximum atomic E-state index is 10.8. The summed E-state index contributed by atoms with van der Waals surface area (Å²) in [6.07, 6.45) is -0.862. The van der Waals surface area contributed by atoms with Crippen LogP contribution in [0.5, 0.6) is 5.75 Å². The van der Waals surface area contributed by atoms with Crippen LogP contribution in [0, 0.1) is 0 Å². The van der Waals surface area contributed by atoms with Crippen LogP contribution >= 0.6 is 15.9 Å². The summed E-state index contributed by atoms with van der Waals surface area (Å²) in [5, 5.41) is 11.9. The highest BCUT2D eigenvalue weighted by molar-refractivity contribution is 9.10. The summed E-state index contributed by atoms with van der Waals surface area (Å²) in [7, 11) is 1.84. The number of rotatable bonds is 5. The van der Waals surface area contributed by atoms with Crippen molar-refractivity contribution in [2.75, 3.05) is 7.05 Å². The molecule has 0 spiro atoms. The van der Waals surface area contributed by atoms with E-state index in [1.165, 1.54) is 6.92 Å². The Morgan fingerprint density at radius 3 is 2.65 bits per heavy atom. The van der Waals surface area contributed by atoms with Gasteiger partial charge in [0.25, 0.3) is 0 Å². The molecule has 0 aliphatic heterocycles. The van der Waals surface area contributed by atoms with E-state index in [0.29, 0.717) is 5.75 Å². The Morgan fingerprint density at radius 1 is 1.47 bits per heavy atom. The van der Waals surface area contributed by atoms with Gasteiger partial charge in [0.15, 0.2) is 6.10 Å². The first-order chi connectivity index (χ1) is 7.95. The predicted molar refractivity (Wildman–Crippen MR) is 69.3 cm³/mol. The lowest BCUT2D eigenvalue weighted by Gasteiger charge is -2.18. The number of ether oxygens (including phenoxy) is 1. The third kappa shape index (κ3) is 3.71. The molecule has 17 heavy (non-hydrogen) atoms. The summed E-state index contributed by atoms with van der Waals surface area (Å²) >= 11 is 3.39. The molecular formula is C12H16BrNO3. The van der Waals surface area contributed by atoms with E-state index in [-0.39, 0.29) is 6.04 Å². The molecule has 5 heteroatoms. The molecule has 0 saturated heterocycles. The third-order valence-electron chi connectivity index (χ3n) is 2.52. The lowest BCUT2D eigenvalue weighted by Crippen LogP contribution is -2.24. The molecule has 1 rings (SSSR count). The average Bonchev–Trinajstić information content (AvgIpc) is 2.30. The fraction of sp³-hybridized carbons (Fsp3) is 0.417. The molecule has 1 aromatic rings. The van der Waals surface area contributed by atoms with E-state index < -0.39 is 12.1 Å². The van der Waals surface area contributed by atoms with Crippen LogP contribution in [-0.2, 0) is 4.79 Å². The van der Waals surface area contributed by atoms with Gasteiger partial charge in [0.1, 0.15) is 5.75 Å². The number of nitrogens with one attached hydrogen (secondary N) is 1. The van der Waals surface area contributed by atoms with Crippen molar-refractivity contribution in [3.63, 3.8) is 0 Å². The zero-order chi connectivity index (χ0) is 13.0. The second-order valence-electron chi connectivity index (χ2n) is 3.79. The van der Waals surface area contributed by atoms with Crippen LogP contribution in [0.15, 0.2) is 22.7 Å². The maximum Gasteiger partial charge on any atom is 0.344 e. The number of aliphatic carboxylic acids is 1. The first-order valence-corrected chi connectivity index (χ1v) is 6.11. The summed E-state index contributed by atoms with van der Waals surface area (Å²) in [4.78, 5) is 10.8. The second kappa shape index (κ2) is 6.02. The molecule has 4 nitrogen and oxygen atoms in total. The standard InChI is InChI=1S/C12H16BrNO3/c1-7(14-3)10-6-9(13)4-5-11(10)17-8(2)12(15)16/h4-8,14H,1-3H3,(H,15,16). The van der Waals surface area contributed by atoms with E-state index in [2.05, 4.69) is 21.2 Å². The van der Waals surface area contributed by atoms with Gasteiger partial charge in [0, 0.05) is 16.1 Å². The molecule has 0 aliphatic rings. The normalized spacial score (nSPS) is 14.1. The highest BCUT2D eigenvalue weighted by Crippen LogP contribution is 2.29. The Labute approximate surface area is 109 Å². The Hall–Kier alpha value is -1.07. The molecule has 0 saturated carbocycles. The van der Waals surface area contributed by atoms with E-state index >= 15 is 0 Å². The minimum Gasteiger partial charge on any atom is -0.479 e. The molecule has 0 amide bonds. The van der Waals surface area contributed by atoms with E-state index in [4.69, 9.17) is 9.84 Å². The van der Waals surface area contributed by atoms with Gasteiger partial charge in [0.2, 0.25) is 0 Å². The molecule has 94 valence electrons. The molecule has 2 atom stereocenters. The zero-order valence-corrected chi connectivity index (χ0v) is 11.6. The summed E-state index contributed by atoms with van der Waals surface area (Å²) in [5.41, 5.74) is 0.926. The van der Waals surface area contributed by atoms with Crippen molar-refractivity contribution in [1.29, 1.82) is 0 Å². The zero-order valence-electron chi connectivity index (χ0n) is 10.0. The van der Waals surface area contributed by atoms with Gasteiger partial charge in [-0.15, -0.1) is 0 Å². The minimum absolute atomic E-state index is 0.0866. The molecule has 1 aromatic carbocycles. The van der Waals surface area contributed by atoms with Gasteiger partial charge < -0.3 is 15.2 Å². The molecule has 0 fully saturated rings. The Morgan fingerprint density at radius 2 is 2.12 bits per heavy atom. The van der Waals surface area contributed by atoms with Crippen LogP contribution in [0.2, 0.25) is 0 Å². The largest absolute Gasteiger partial charge is 0.479 e. The van der Waals surface area contributed by atoms with E-state index in [0.717, 1.165) is 10.0 Å². The molecule has 2 unspecified atom stereocenters. The SMILES string of the molecule is CNC(C)c1cc(Br)ccc1OC(C)C(=O)O. The smallest absolute Gasteiger partial charge is 0.344 e. The predicted octanol–water partition coefficient (Wildman–Crippen LogP) is 2.58. The first-order valence-electron chi connectivity index (χ1n) is 5.32. The highest BCUT2D eigenvalue weighted by Gasteiger charge is 2.17. The monoisotopic (exact) mass is 301 g/mol. The Kier molecular flexibility index (Phi) is 4.96. The maximum absolute atomic E-state index is 10.8. The van der Waals surface area contributed by atoms with Gasteiger partial charge in [-0.2, -0.15) is 0 Å². The van der Waals surface area contributed by atoms with E-state index in [1.807, 2.05) is 26.1 Å². The van der Waals surface area contributed by atoms with Crippen LogP contribution in [0.25, 0.3) is 0 Å². The molecule has 0 aliphatic carbocycles. The molecule has 0 heterocycles. The van der Waals surface area contributed by atoms with Gasteiger partial charge in [-0.3, -0.25) is 0 Å². The van der Waals surface area contributed by atoms with Crippen LogP contribution in [-0.4, -0.2) is 24.2 Å². The van der Waals surface area contributed by atoms with Crippen LogP contribution < -0.4 is 10.1 Å². The minimum atomic E-state index is -0.976. The summed E-state index contributed by atoms with van der Waals surface area (Å²) in [5.74, 6) is -0.388. The molecule has 2 N–H and O–H groups in total.